The average Bonchev–Trinajstić information content (AvgIpc) is 2.76. The van der Waals surface area contributed by atoms with Gasteiger partial charge in [-0.1, -0.05) is 41.1 Å². The molecule has 0 aliphatic carbocycles. The lowest BCUT2D eigenvalue weighted by Crippen LogP contribution is -2.45. The molecule has 0 atom stereocenters. The van der Waals surface area contributed by atoms with E-state index in [4.69, 9.17) is 11.6 Å². The van der Waals surface area contributed by atoms with Crippen LogP contribution in [0.4, 0.5) is 0 Å². The summed E-state index contributed by atoms with van der Waals surface area (Å²) in [6, 6.07) is 14.3. The van der Waals surface area contributed by atoms with E-state index in [0.29, 0.717) is 61.2 Å². The minimum absolute atomic E-state index is 0.0231. The van der Waals surface area contributed by atoms with Crippen LogP contribution in [0.25, 0.3) is 10.9 Å². The second-order valence-corrected chi connectivity index (χ2v) is 8.09. The van der Waals surface area contributed by atoms with Crippen molar-refractivity contribution in [2.45, 2.75) is 37.8 Å². The van der Waals surface area contributed by atoms with Gasteiger partial charge in [0.15, 0.2) is 0 Å². The molecule has 1 aliphatic rings. The third-order valence-corrected chi connectivity index (χ3v) is 5.97. The lowest BCUT2D eigenvalue weighted by atomic mass is 9.84. The van der Waals surface area contributed by atoms with Crippen molar-refractivity contribution < 1.29 is 9.90 Å². The summed E-state index contributed by atoms with van der Waals surface area (Å²) < 4.78 is 1.31. The molecule has 0 unspecified atom stereocenters. The van der Waals surface area contributed by atoms with Crippen LogP contribution >= 0.6 is 11.6 Å². The van der Waals surface area contributed by atoms with Gasteiger partial charge in [-0.2, -0.15) is 0 Å². The van der Waals surface area contributed by atoms with Crippen LogP contribution in [0.1, 0.15) is 31.2 Å². The highest BCUT2D eigenvalue weighted by Gasteiger charge is 2.35. The smallest absolute Gasteiger partial charge is 0.277 e. The number of amides is 1. The van der Waals surface area contributed by atoms with E-state index in [1.807, 2.05) is 18.2 Å². The van der Waals surface area contributed by atoms with Crippen molar-refractivity contribution in [3.8, 4) is 0 Å². The first-order chi connectivity index (χ1) is 14.5. The topological polar surface area (TPSA) is 88.3 Å². The Kier molecular flexibility index (Phi) is 5.83. The summed E-state index contributed by atoms with van der Waals surface area (Å²) in [6.07, 6.45) is 1.79. The van der Waals surface area contributed by atoms with E-state index in [9.17, 15) is 14.7 Å². The number of hydrogen-bond acceptors (Lipinski definition) is 5. The van der Waals surface area contributed by atoms with Crippen molar-refractivity contribution in [1.29, 1.82) is 0 Å². The van der Waals surface area contributed by atoms with Crippen LogP contribution in [0, 0.1) is 0 Å². The van der Waals surface area contributed by atoms with Gasteiger partial charge in [-0.05, 0) is 49.1 Å². The third-order valence-electron chi connectivity index (χ3n) is 5.71. The van der Waals surface area contributed by atoms with Gasteiger partial charge in [-0.25, -0.2) is 4.68 Å². The number of nitrogens with zero attached hydrogens (tertiary/aromatic N) is 4. The van der Waals surface area contributed by atoms with Gasteiger partial charge in [0.05, 0.1) is 11.0 Å². The molecule has 0 saturated carbocycles. The second-order valence-electron chi connectivity index (χ2n) is 7.66. The quantitative estimate of drug-likeness (QED) is 0.677. The maximum Gasteiger partial charge on any atom is 0.277 e. The number of fused-ring (bicyclic) bond motifs is 1. The largest absolute Gasteiger partial charge is 0.385 e. The van der Waals surface area contributed by atoms with Crippen molar-refractivity contribution in [2.75, 3.05) is 13.1 Å². The van der Waals surface area contributed by atoms with E-state index < -0.39 is 5.60 Å². The monoisotopic (exact) mass is 426 g/mol. The molecule has 1 aromatic heterocycles. The van der Waals surface area contributed by atoms with Crippen LogP contribution in [0.2, 0.25) is 5.02 Å². The number of benzene rings is 2. The molecule has 30 heavy (non-hydrogen) atoms. The summed E-state index contributed by atoms with van der Waals surface area (Å²) in [5.74, 6) is 0.0231. The number of likely N-dealkylation sites (tertiary alicyclic amines) is 1. The zero-order valence-electron chi connectivity index (χ0n) is 16.5. The van der Waals surface area contributed by atoms with Crippen LogP contribution < -0.4 is 5.56 Å². The molecule has 2 aromatic carbocycles. The molecule has 2 heterocycles. The van der Waals surface area contributed by atoms with Gasteiger partial charge in [0.1, 0.15) is 5.52 Å². The highest BCUT2D eigenvalue weighted by Crippen LogP contribution is 2.33. The molecule has 156 valence electrons. The molecule has 0 radical (unpaired) electrons. The van der Waals surface area contributed by atoms with E-state index in [0.717, 1.165) is 5.56 Å². The highest BCUT2D eigenvalue weighted by atomic mass is 35.5. The number of hydrogen-bond donors (Lipinski definition) is 1. The van der Waals surface area contributed by atoms with Crippen LogP contribution in [-0.2, 0) is 16.9 Å². The van der Waals surface area contributed by atoms with E-state index in [2.05, 4.69) is 10.3 Å². The minimum atomic E-state index is -0.935. The summed E-state index contributed by atoms with van der Waals surface area (Å²) in [5, 5.41) is 20.1. The molecule has 1 amide bonds. The summed E-state index contributed by atoms with van der Waals surface area (Å²) in [7, 11) is 0. The van der Waals surface area contributed by atoms with E-state index in [-0.39, 0.29) is 11.5 Å². The highest BCUT2D eigenvalue weighted by molar-refractivity contribution is 6.30. The number of aliphatic hydroxyl groups is 1. The Balaban J connectivity index is 1.31. The molecule has 4 rings (SSSR count). The predicted octanol–water partition coefficient (Wildman–Crippen LogP) is 2.74. The first-order valence-corrected chi connectivity index (χ1v) is 10.4. The SMILES string of the molecule is O=C(CCCn1nnc2ccccc2c1=O)N1CCC(O)(c2ccc(Cl)cc2)CC1. The third kappa shape index (κ3) is 4.22. The summed E-state index contributed by atoms with van der Waals surface area (Å²) in [4.78, 5) is 26.8. The number of rotatable bonds is 5. The van der Waals surface area contributed by atoms with Crippen molar-refractivity contribution in [1.82, 2.24) is 19.9 Å². The van der Waals surface area contributed by atoms with Gasteiger partial charge >= 0.3 is 0 Å². The van der Waals surface area contributed by atoms with Crippen LogP contribution in [0.3, 0.4) is 0 Å². The number of aromatic nitrogens is 3. The van der Waals surface area contributed by atoms with Crippen LogP contribution in [0.15, 0.2) is 53.3 Å². The van der Waals surface area contributed by atoms with Gasteiger partial charge in [-0.15, -0.1) is 5.10 Å². The van der Waals surface area contributed by atoms with Crippen LogP contribution in [-0.4, -0.2) is 44.0 Å². The average molecular weight is 427 g/mol. The molecule has 3 aromatic rings. The first kappa shape index (κ1) is 20.5. The fourth-order valence-corrected chi connectivity index (χ4v) is 4.01. The summed E-state index contributed by atoms with van der Waals surface area (Å²) in [5.41, 5.74) is 0.263. The molecule has 1 N–H and O–H groups in total. The van der Waals surface area contributed by atoms with Gasteiger partial charge in [0.2, 0.25) is 5.91 Å². The lowest BCUT2D eigenvalue weighted by molar-refractivity contribution is -0.135. The van der Waals surface area contributed by atoms with Crippen molar-refractivity contribution in [2.24, 2.45) is 0 Å². The van der Waals surface area contributed by atoms with Gasteiger partial charge < -0.3 is 10.0 Å². The Labute approximate surface area is 178 Å². The van der Waals surface area contributed by atoms with Gasteiger partial charge in [-0.3, -0.25) is 9.59 Å². The Hall–Kier alpha value is -2.77. The molecule has 0 spiro atoms. The van der Waals surface area contributed by atoms with Crippen molar-refractivity contribution in [3.63, 3.8) is 0 Å². The minimum Gasteiger partial charge on any atom is -0.385 e. The molecular formula is C22H23ClN4O3. The zero-order chi connectivity index (χ0) is 21.1. The summed E-state index contributed by atoms with van der Waals surface area (Å²) in [6.45, 7) is 1.33. The number of halogens is 1. The van der Waals surface area contributed by atoms with Crippen LogP contribution in [0.5, 0.6) is 0 Å². The zero-order valence-corrected chi connectivity index (χ0v) is 17.3. The van der Waals surface area contributed by atoms with Gasteiger partial charge in [0.25, 0.3) is 5.56 Å². The number of aryl methyl sites for hydroxylation is 1. The Morgan fingerprint density at radius 1 is 1.10 bits per heavy atom. The fourth-order valence-electron chi connectivity index (χ4n) is 3.88. The normalized spacial score (nSPS) is 16.0. The number of carbonyl (C=O) groups excluding carboxylic acids is 1. The predicted molar refractivity (Wildman–Crippen MR) is 114 cm³/mol. The maximum atomic E-state index is 12.6. The first-order valence-electron chi connectivity index (χ1n) is 10.0. The molecule has 0 bridgehead atoms. The number of carbonyl (C=O) groups is 1. The Morgan fingerprint density at radius 3 is 2.53 bits per heavy atom. The summed E-state index contributed by atoms with van der Waals surface area (Å²) >= 11 is 5.93. The van der Waals surface area contributed by atoms with Gasteiger partial charge in [0, 0.05) is 31.1 Å². The van der Waals surface area contributed by atoms with Crippen molar-refractivity contribution in [3.05, 3.63) is 69.5 Å². The maximum absolute atomic E-state index is 12.6. The molecule has 8 heteroatoms. The van der Waals surface area contributed by atoms with E-state index in [1.54, 1.807) is 35.2 Å². The second kappa shape index (κ2) is 8.53. The Morgan fingerprint density at radius 2 is 1.80 bits per heavy atom. The van der Waals surface area contributed by atoms with E-state index in [1.165, 1.54) is 4.68 Å². The molecule has 1 fully saturated rings. The Bertz CT molecular complexity index is 1110. The molecular weight excluding hydrogens is 404 g/mol. The lowest BCUT2D eigenvalue weighted by Gasteiger charge is -2.38. The van der Waals surface area contributed by atoms with E-state index >= 15 is 0 Å². The fraction of sp³-hybridized carbons (Fsp3) is 0.364. The number of piperidine rings is 1. The molecule has 7 nitrogen and oxygen atoms in total. The standard InChI is InChI=1S/C22H23ClN4O3/c23-17-9-7-16(8-10-17)22(30)11-14-26(15-12-22)20(28)6-3-13-27-21(29)18-4-1-2-5-19(18)24-25-27/h1-2,4-5,7-10,30H,3,6,11-15H2. The molecule has 1 aliphatic heterocycles. The van der Waals surface area contributed by atoms with Crippen molar-refractivity contribution >= 4 is 28.4 Å². The molecule has 1 saturated heterocycles.